The highest BCUT2D eigenvalue weighted by atomic mass is 16.5. The maximum absolute atomic E-state index is 10.1. The summed E-state index contributed by atoms with van der Waals surface area (Å²) in [6.07, 6.45) is 1.57. The van der Waals surface area contributed by atoms with Crippen molar-refractivity contribution in [2.24, 2.45) is 5.73 Å². The van der Waals surface area contributed by atoms with E-state index in [-0.39, 0.29) is 11.5 Å². The van der Waals surface area contributed by atoms with E-state index in [9.17, 15) is 5.26 Å². The number of nitriles is 1. The molecule has 3 heterocycles. The van der Waals surface area contributed by atoms with Gasteiger partial charge in [-0.25, -0.2) is 0 Å². The summed E-state index contributed by atoms with van der Waals surface area (Å²) in [5, 5.41) is 14.9. The van der Waals surface area contributed by atoms with Crippen molar-refractivity contribution in [3.8, 4) is 40.6 Å². The molecular formula is C25H20N4O4. The van der Waals surface area contributed by atoms with Crippen LogP contribution in [-0.4, -0.2) is 24.0 Å². The van der Waals surface area contributed by atoms with Crippen LogP contribution in [0, 0.1) is 11.3 Å². The second kappa shape index (κ2) is 8.13. The van der Waals surface area contributed by atoms with Gasteiger partial charge in [-0.05, 0) is 30.3 Å². The van der Waals surface area contributed by atoms with E-state index in [0.29, 0.717) is 40.0 Å². The monoisotopic (exact) mass is 440 g/mol. The molecule has 2 N–H and O–H groups in total. The Morgan fingerprint density at radius 3 is 2.52 bits per heavy atom. The largest absolute Gasteiger partial charge is 0.493 e. The number of hydrogen-bond donors (Lipinski definition) is 1. The Balaban J connectivity index is 1.85. The number of nitrogens with two attached hydrogens (primary N) is 1. The molecule has 33 heavy (non-hydrogen) atoms. The molecule has 8 nitrogen and oxygen atoms in total. The van der Waals surface area contributed by atoms with Crippen LogP contribution in [-0.2, 0) is 0 Å². The average Bonchev–Trinajstić information content (AvgIpc) is 3.51. The predicted octanol–water partition coefficient (Wildman–Crippen LogP) is 4.37. The van der Waals surface area contributed by atoms with E-state index in [0.717, 1.165) is 5.69 Å². The fraction of sp³-hybridized carbons (Fsp3) is 0.120. The predicted molar refractivity (Wildman–Crippen MR) is 120 cm³/mol. The van der Waals surface area contributed by atoms with E-state index in [1.807, 2.05) is 48.5 Å². The normalized spacial score (nSPS) is 14.9. The van der Waals surface area contributed by atoms with Crippen LogP contribution in [0.15, 0.2) is 82.8 Å². The second-order valence-electron chi connectivity index (χ2n) is 7.30. The lowest BCUT2D eigenvalue weighted by atomic mass is 9.83. The number of hydrogen-bond acceptors (Lipinski definition) is 7. The van der Waals surface area contributed by atoms with Gasteiger partial charge in [0.25, 0.3) is 0 Å². The summed E-state index contributed by atoms with van der Waals surface area (Å²) in [4.78, 5) is 0. The third-order valence-corrected chi connectivity index (χ3v) is 5.55. The number of ether oxygens (including phenoxy) is 3. The van der Waals surface area contributed by atoms with E-state index in [2.05, 4.69) is 6.07 Å². The molecule has 1 unspecified atom stereocenters. The van der Waals surface area contributed by atoms with Gasteiger partial charge in [-0.2, -0.15) is 15.0 Å². The molecule has 0 saturated carbocycles. The molecule has 0 amide bonds. The van der Waals surface area contributed by atoms with E-state index in [1.54, 1.807) is 37.3 Å². The van der Waals surface area contributed by atoms with Crippen LogP contribution in [0.2, 0.25) is 0 Å². The number of rotatable bonds is 5. The van der Waals surface area contributed by atoms with Crippen molar-refractivity contribution in [1.29, 1.82) is 5.26 Å². The summed E-state index contributed by atoms with van der Waals surface area (Å²) in [6, 6.07) is 20.9. The van der Waals surface area contributed by atoms with Crippen LogP contribution in [0.3, 0.4) is 0 Å². The first-order valence-electron chi connectivity index (χ1n) is 10.2. The summed E-state index contributed by atoms with van der Waals surface area (Å²) in [7, 11) is 3.12. The fourth-order valence-corrected chi connectivity index (χ4v) is 4.13. The van der Waals surface area contributed by atoms with Crippen molar-refractivity contribution >= 4 is 0 Å². The molecule has 0 fully saturated rings. The number of allylic oxidation sites excluding steroid dienone is 1. The average molecular weight is 440 g/mol. The molecule has 1 atom stereocenters. The van der Waals surface area contributed by atoms with E-state index >= 15 is 0 Å². The number of aromatic nitrogens is 2. The Morgan fingerprint density at radius 1 is 1.03 bits per heavy atom. The number of fused-ring (bicyclic) bond motifs is 1. The lowest BCUT2D eigenvalue weighted by molar-refractivity contribution is 0.346. The van der Waals surface area contributed by atoms with Crippen molar-refractivity contribution in [2.75, 3.05) is 14.2 Å². The minimum atomic E-state index is -0.624. The third kappa shape index (κ3) is 3.18. The first-order chi connectivity index (χ1) is 16.2. The number of para-hydroxylation sites is 2. The topological polar surface area (TPSA) is 108 Å². The lowest BCUT2D eigenvalue weighted by Crippen LogP contribution is -2.22. The van der Waals surface area contributed by atoms with Gasteiger partial charge in [-0.1, -0.05) is 30.3 Å². The van der Waals surface area contributed by atoms with Gasteiger partial charge in [0, 0.05) is 5.56 Å². The Labute approximate surface area is 190 Å². The Morgan fingerprint density at radius 2 is 1.85 bits per heavy atom. The third-order valence-electron chi connectivity index (χ3n) is 5.55. The highest BCUT2D eigenvalue weighted by molar-refractivity contribution is 5.70. The van der Waals surface area contributed by atoms with Crippen LogP contribution in [0.25, 0.3) is 17.1 Å². The van der Waals surface area contributed by atoms with Gasteiger partial charge in [-0.3, -0.25) is 0 Å². The first kappa shape index (κ1) is 20.3. The number of nitrogens with zero attached hydrogens (tertiary/aromatic N) is 3. The number of furan rings is 1. The van der Waals surface area contributed by atoms with Crippen molar-refractivity contribution in [3.05, 3.63) is 89.5 Å². The maximum Gasteiger partial charge on any atom is 0.229 e. The van der Waals surface area contributed by atoms with Crippen LogP contribution in [0.5, 0.6) is 17.4 Å². The minimum Gasteiger partial charge on any atom is -0.493 e. The van der Waals surface area contributed by atoms with Crippen LogP contribution < -0.4 is 19.9 Å². The highest BCUT2D eigenvalue weighted by Crippen LogP contribution is 2.50. The molecule has 1 aliphatic heterocycles. The van der Waals surface area contributed by atoms with Gasteiger partial charge >= 0.3 is 0 Å². The van der Waals surface area contributed by atoms with Gasteiger partial charge in [0.05, 0.1) is 37.7 Å². The summed E-state index contributed by atoms with van der Waals surface area (Å²) in [6.45, 7) is 0. The molecule has 0 aliphatic carbocycles. The number of benzene rings is 2. The first-order valence-corrected chi connectivity index (χ1v) is 10.2. The minimum absolute atomic E-state index is 0.00273. The molecule has 0 spiro atoms. The zero-order chi connectivity index (χ0) is 22.9. The van der Waals surface area contributed by atoms with Gasteiger partial charge in [0.15, 0.2) is 17.3 Å². The SMILES string of the molecule is COc1cccc(C2C(C#N)=C(N)Oc3c2c(-c2ccco2)nn3-c2ccccc2)c1OC. The summed E-state index contributed by atoms with van der Waals surface area (Å²) < 4.78 is 24.6. The standard InChI is InChI=1S/C25H20N4O4/c1-30-19-11-6-10-16(23(19)31-2)20-17(14-26)24(27)33-25-21(20)22(18-12-7-13-32-18)28-29(25)15-8-4-3-5-9-15/h3-13,20H,27H2,1-2H3. The summed E-state index contributed by atoms with van der Waals surface area (Å²) >= 11 is 0. The van der Waals surface area contributed by atoms with E-state index in [1.165, 1.54) is 0 Å². The van der Waals surface area contributed by atoms with Crippen molar-refractivity contribution < 1.29 is 18.6 Å². The van der Waals surface area contributed by atoms with Crippen molar-refractivity contribution in [3.63, 3.8) is 0 Å². The lowest BCUT2D eigenvalue weighted by Gasteiger charge is -2.26. The van der Waals surface area contributed by atoms with Crippen LogP contribution in [0.4, 0.5) is 0 Å². The Kier molecular flexibility index (Phi) is 4.99. The number of methoxy groups -OCH3 is 2. The molecule has 2 aromatic carbocycles. The van der Waals surface area contributed by atoms with Gasteiger partial charge in [-0.15, -0.1) is 0 Å². The van der Waals surface area contributed by atoms with Gasteiger partial charge < -0.3 is 24.4 Å². The molecule has 4 aromatic rings. The quantitative estimate of drug-likeness (QED) is 0.491. The van der Waals surface area contributed by atoms with E-state index < -0.39 is 5.92 Å². The zero-order valence-electron chi connectivity index (χ0n) is 18.0. The molecular weight excluding hydrogens is 420 g/mol. The molecule has 2 aromatic heterocycles. The van der Waals surface area contributed by atoms with E-state index in [4.69, 9.17) is 29.5 Å². The molecule has 0 radical (unpaired) electrons. The highest BCUT2D eigenvalue weighted by Gasteiger charge is 2.40. The van der Waals surface area contributed by atoms with Gasteiger partial charge in [0.2, 0.25) is 11.8 Å². The maximum atomic E-state index is 10.1. The van der Waals surface area contributed by atoms with Crippen LogP contribution in [0.1, 0.15) is 17.0 Å². The van der Waals surface area contributed by atoms with Crippen molar-refractivity contribution in [2.45, 2.75) is 5.92 Å². The van der Waals surface area contributed by atoms with Crippen LogP contribution >= 0.6 is 0 Å². The Bertz CT molecular complexity index is 1380. The molecule has 164 valence electrons. The molecule has 8 heteroatoms. The molecule has 1 aliphatic rings. The fourth-order valence-electron chi connectivity index (χ4n) is 4.13. The zero-order valence-corrected chi connectivity index (χ0v) is 18.0. The smallest absolute Gasteiger partial charge is 0.229 e. The molecule has 0 saturated heterocycles. The summed E-state index contributed by atoms with van der Waals surface area (Å²) in [5.74, 6) is 1.35. The van der Waals surface area contributed by atoms with Crippen molar-refractivity contribution in [1.82, 2.24) is 9.78 Å². The van der Waals surface area contributed by atoms with Gasteiger partial charge in [0.1, 0.15) is 17.3 Å². The molecule has 5 rings (SSSR count). The molecule has 0 bridgehead atoms. The Hall–Kier alpha value is -4.64. The second-order valence-corrected chi connectivity index (χ2v) is 7.30. The summed E-state index contributed by atoms with van der Waals surface area (Å²) in [5.41, 5.74) is 9.16.